The number of amides is 1. The van der Waals surface area contributed by atoms with Gasteiger partial charge in [0.1, 0.15) is 11.9 Å². The zero-order chi connectivity index (χ0) is 27.7. The Morgan fingerprint density at radius 2 is 1.62 bits per heavy atom. The van der Waals surface area contributed by atoms with Gasteiger partial charge < -0.3 is 15.0 Å². The van der Waals surface area contributed by atoms with Crippen molar-refractivity contribution in [2.24, 2.45) is 5.92 Å². The molecule has 1 atom stereocenters. The minimum Gasteiger partial charge on any atom is -0.480 e. The first-order valence-corrected chi connectivity index (χ1v) is 13.1. The molecule has 1 unspecified atom stereocenters. The number of nitrogens with one attached hydrogen (secondary N) is 1. The number of nitrogens with zero attached hydrogens (tertiary/aromatic N) is 2. The molecule has 6 nitrogen and oxygen atoms in total. The number of piperidine rings is 2. The smallest absolute Gasteiger partial charge is 0.321 e. The SMILES string of the molecule is O=C(O)C(C1CCN(C(=O)/C=C/c2cc(F)c(F)c(F)c2)CC1)N1CCC(c2c[nH]c3ccc(F)cc23)CC1. The second-order valence-electron chi connectivity index (χ2n) is 10.3. The van der Waals surface area contributed by atoms with Gasteiger partial charge >= 0.3 is 5.97 Å². The van der Waals surface area contributed by atoms with Crippen molar-refractivity contribution in [2.45, 2.75) is 37.6 Å². The number of carboxylic acids is 1. The highest BCUT2D eigenvalue weighted by Gasteiger charge is 2.38. The van der Waals surface area contributed by atoms with Crippen molar-refractivity contribution in [3.05, 3.63) is 77.0 Å². The fourth-order valence-corrected chi connectivity index (χ4v) is 5.98. The third-order valence-electron chi connectivity index (χ3n) is 8.01. The molecule has 5 rings (SSSR count). The standard InChI is InChI=1S/C29H29F4N3O3/c30-20-2-3-25-21(15-20)22(16-34-25)18-5-11-36(12-6-18)28(29(38)39)19-7-9-35(10-8-19)26(37)4-1-17-13-23(31)27(33)24(32)14-17/h1-4,13-16,18-19,28,34H,5-12H2,(H,38,39)/b4-1+. The molecule has 10 heteroatoms. The van der Waals surface area contributed by atoms with E-state index in [1.165, 1.54) is 24.3 Å². The number of carbonyl (C=O) groups is 2. The quantitative estimate of drug-likeness (QED) is 0.251. The number of benzene rings is 2. The average molecular weight is 544 g/mol. The summed E-state index contributed by atoms with van der Waals surface area (Å²) in [7, 11) is 0. The number of aromatic nitrogens is 1. The highest BCUT2D eigenvalue weighted by Crippen LogP contribution is 2.35. The topological polar surface area (TPSA) is 76.6 Å². The van der Waals surface area contributed by atoms with E-state index in [0.717, 1.165) is 41.4 Å². The lowest BCUT2D eigenvalue weighted by molar-refractivity contribution is -0.147. The molecule has 3 aromatic rings. The van der Waals surface area contributed by atoms with E-state index in [1.54, 1.807) is 11.0 Å². The van der Waals surface area contributed by atoms with Crippen LogP contribution in [0.5, 0.6) is 0 Å². The zero-order valence-corrected chi connectivity index (χ0v) is 21.2. The minimum atomic E-state index is -1.56. The number of hydrogen-bond donors (Lipinski definition) is 2. The first-order chi connectivity index (χ1) is 18.7. The molecule has 1 aromatic heterocycles. The first kappa shape index (κ1) is 26.9. The lowest BCUT2D eigenvalue weighted by Gasteiger charge is -2.41. The van der Waals surface area contributed by atoms with Gasteiger partial charge in [0.15, 0.2) is 17.5 Å². The normalized spacial score (nSPS) is 18.7. The summed E-state index contributed by atoms with van der Waals surface area (Å²) in [6.45, 7) is 1.94. The maximum Gasteiger partial charge on any atom is 0.321 e. The van der Waals surface area contributed by atoms with E-state index in [2.05, 4.69) is 4.98 Å². The number of carbonyl (C=O) groups excluding carboxylic acids is 1. The molecule has 0 bridgehead atoms. The van der Waals surface area contributed by atoms with Gasteiger partial charge in [0.05, 0.1) is 0 Å². The highest BCUT2D eigenvalue weighted by atomic mass is 19.2. The Balaban J connectivity index is 1.17. The third-order valence-corrected chi connectivity index (χ3v) is 8.01. The van der Waals surface area contributed by atoms with Crippen molar-refractivity contribution in [2.75, 3.05) is 26.2 Å². The Kier molecular flexibility index (Phi) is 7.74. The van der Waals surface area contributed by atoms with Crippen LogP contribution in [-0.4, -0.2) is 64.0 Å². The molecule has 2 aliphatic heterocycles. The summed E-state index contributed by atoms with van der Waals surface area (Å²) >= 11 is 0. The molecular formula is C29H29F4N3O3. The summed E-state index contributed by atoms with van der Waals surface area (Å²) in [6.07, 6.45) is 6.88. The van der Waals surface area contributed by atoms with Crippen molar-refractivity contribution in [3.63, 3.8) is 0 Å². The van der Waals surface area contributed by atoms with Crippen LogP contribution < -0.4 is 0 Å². The molecular weight excluding hydrogens is 514 g/mol. The molecule has 0 saturated carbocycles. The lowest BCUT2D eigenvalue weighted by atomic mass is 9.84. The Labute approximate surface area is 222 Å². The minimum absolute atomic E-state index is 0.0294. The molecule has 206 valence electrons. The average Bonchev–Trinajstić information content (AvgIpc) is 3.34. The summed E-state index contributed by atoms with van der Waals surface area (Å²) in [6, 6.07) is 5.64. The fraction of sp³-hybridized carbons (Fsp3) is 0.379. The van der Waals surface area contributed by atoms with Crippen molar-refractivity contribution in [1.29, 1.82) is 0 Å². The van der Waals surface area contributed by atoms with Crippen LogP contribution in [0.4, 0.5) is 17.6 Å². The van der Waals surface area contributed by atoms with E-state index in [9.17, 15) is 32.3 Å². The van der Waals surface area contributed by atoms with Gasteiger partial charge in [-0.25, -0.2) is 17.6 Å². The molecule has 39 heavy (non-hydrogen) atoms. The Morgan fingerprint density at radius 3 is 2.26 bits per heavy atom. The molecule has 2 aromatic carbocycles. The third kappa shape index (κ3) is 5.71. The van der Waals surface area contributed by atoms with Crippen LogP contribution in [0.15, 0.2) is 42.6 Å². The van der Waals surface area contributed by atoms with Crippen molar-refractivity contribution in [3.8, 4) is 0 Å². The van der Waals surface area contributed by atoms with Crippen LogP contribution in [0.3, 0.4) is 0 Å². The van der Waals surface area contributed by atoms with Crippen molar-refractivity contribution in [1.82, 2.24) is 14.8 Å². The van der Waals surface area contributed by atoms with Crippen LogP contribution in [0.25, 0.3) is 17.0 Å². The summed E-state index contributed by atoms with van der Waals surface area (Å²) in [5, 5.41) is 10.9. The molecule has 0 spiro atoms. The maximum atomic E-state index is 13.8. The summed E-state index contributed by atoms with van der Waals surface area (Å²) < 4.78 is 53.8. The van der Waals surface area contributed by atoms with Crippen molar-refractivity contribution < 1.29 is 32.3 Å². The van der Waals surface area contributed by atoms with Gasteiger partial charge in [0.2, 0.25) is 5.91 Å². The number of aliphatic carboxylic acids is 1. The number of H-pyrrole nitrogens is 1. The predicted molar refractivity (Wildman–Crippen MR) is 138 cm³/mol. The molecule has 3 heterocycles. The number of halogens is 4. The lowest BCUT2D eigenvalue weighted by Crippen LogP contribution is -2.52. The van der Waals surface area contributed by atoms with Crippen LogP contribution in [0.2, 0.25) is 0 Å². The van der Waals surface area contributed by atoms with Gasteiger partial charge in [-0.3, -0.25) is 14.5 Å². The number of likely N-dealkylation sites (tertiary alicyclic amines) is 2. The van der Waals surface area contributed by atoms with Crippen molar-refractivity contribution >= 4 is 28.9 Å². The van der Waals surface area contributed by atoms with Gasteiger partial charge in [-0.15, -0.1) is 0 Å². The Morgan fingerprint density at radius 1 is 0.949 bits per heavy atom. The Bertz CT molecular complexity index is 1380. The van der Waals surface area contributed by atoms with Crippen LogP contribution in [0, 0.1) is 29.2 Å². The van der Waals surface area contributed by atoms with Gasteiger partial charge in [0, 0.05) is 36.3 Å². The number of carboxylic acid groups (broad SMARTS) is 1. The number of rotatable bonds is 6. The van der Waals surface area contributed by atoms with Gasteiger partial charge in [0.25, 0.3) is 0 Å². The van der Waals surface area contributed by atoms with E-state index in [0.29, 0.717) is 39.0 Å². The van der Waals surface area contributed by atoms with Crippen LogP contribution in [0.1, 0.15) is 42.7 Å². The van der Waals surface area contributed by atoms with Gasteiger partial charge in [-0.05, 0) is 98.1 Å². The number of fused-ring (bicyclic) bond motifs is 1. The number of hydrogen-bond acceptors (Lipinski definition) is 3. The van der Waals surface area contributed by atoms with Gasteiger partial charge in [-0.2, -0.15) is 0 Å². The largest absolute Gasteiger partial charge is 0.480 e. The monoisotopic (exact) mass is 543 g/mol. The van der Waals surface area contributed by atoms with Gasteiger partial charge in [-0.1, -0.05) is 0 Å². The van der Waals surface area contributed by atoms with E-state index < -0.39 is 29.5 Å². The molecule has 2 fully saturated rings. The number of aromatic amines is 1. The zero-order valence-electron chi connectivity index (χ0n) is 21.2. The molecule has 0 aliphatic carbocycles. The van der Waals surface area contributed by atoms with E-state index in [-0.39, 0.29) is 29.1 Å². The van der Waals surface area contributed by atoms with Crippen LogP contribution in [-0.2, 0) is 9.59 Å². The molecule has 0 radical (unpaired) electrons. The predicted octanol–water partition coefficient (Wildman–Crippen LogP) is 5.31. The van der Waals surface area contributed by atoms with Crippen LogP contribution >= 0.6 is 0 Å². The van der Waals surface area contributed by atoms with E-state index in [4.69, 9.17) is 0 Å². The van der Waals surface area contributed by atoms with E-state index in [1.807, 2.05) is 11.1 Å². The first-order valence-electron chi connectivity index (χ1n) is 13.1. The summed E-state index contributed by atoms with van der Waals surface area (Å²) in [4.78, 5) is 31.7. The van der Waals surface area contributed by atoms with E-state index >= 15 is 0 Å². The summed E-state index contributed by atoms with van der Waals surface area (Å²) in [5.41, 5.74) is 1.97. The Hall–Kier alpha value is -3.66. The highest BCUT2D eigenvalue weighted by molar-refractivity contribution is 5.91. The summed E-state index contributed by atoms with van der Waals surface area (Å²) in [5.74, 6) is -5.68. The molecule has 2 aliphatic rings. The second kappa shape index (κ2) is 11.2. The second-order valence-corrected chi connectivity index (χ2v) is 10.3. The fourth-order valence-electron chi connectivity index (χ4n) is 5.98. The molecule has 1 amide bonds. The molecule has 2 saturated heterocycles. The maximum absolute atomic E-state index is 13.8. The molecule has 2 N–H and O–H groups in total.